The van der Waals surface area contributed by atoms with Crippen LogP contribution in [0.25, 0.3) is 10.9 Å². The summed E-state index contributed by atoms with van der Waals surface area (Å²) in [5.74, 6) is 0.848. The molecule has 2 nitrogen and oxygen atoms in total. The van der Waals surface area contributed by atoms with Crippen LogP contribution in [0.4, 0.5) is 0 Å². The predicted molar refractivity (Wildman–Crippen MR) is 64.0 cm³/mol. The third-order valence-corrected chi connectivity index (χ3v) is 3.58. The van der Waals surface area contributed by atoms with Crippen LogP contribution in [0.2, 0.25) is 0 Å². The second-order valence-corrected chi connectivity index (χ2v) is 4.65. The Balaban J connectivity index is 2.00. The topological polar surface area (TPSA) is 28.7 Å². The molecule has 1 heterocycles. The van der Waals surface area contributed by atoms with E-state index in [2.05, 4.69) is 22.9 Å². The van der Waals surface area contributed by atoms with Crippen molar-refractivity contribution in [1.29, 1.82) is 5.26 Å². The number of benzene rings is 1. The van der Waals surface area contributed by atoms with E-state index in [0.717, 1.165) is 18.0 Å². The molecule has 2 heteroatoms. The third kappa shape index (κ3) is 1.49. The van der Waals surface area contributed by atoms with Crippen LogP contribution >= 0.6 is 0 Å². The van der Waals surface area contributed by atoms with Gasteiger partial charge in [0, 0.05) is 18.3 Å². The molecule has 1 aromatic carbocycles. The van der Waals surface area contributed by atoms with Gasteiger partial charge in [0.15, 0.2) is 0 Å². The van der Waals surface area contributed by atoms with Gasteiger partial charge in [0.25, 0.3) is 0 Å². The average Bonchev–Trinajstić information content (AvgIpc) is 2.65. The Morgan fingerprint density at radius 1 is 1.31 bits per heavy atom. The van der Waals surface area contributed by atoms with Gasteiger partial charge in [0.05, 0.1) is 11.6 Å². The number of nitrogens with zero attached hydrogens (tertiary/aromatic N) is 2. The van der Waals surface area contributed by atoms with Crippen LogP contribution in [-0.4, -0.2) is 4.57 Å². The molecule has 0 amide bonds. The first-order valence-electron chi connectivity index (χ1n) is 5.86. The molecule has 16 heavy (non-hydrogen) atoms. The summed E-state index contributed by atoms with van der Waals surface area (Å²) < 4.78 is 2.29. The number of rotatable bonds is 2. The molecular formula is C14H14N2. The lowest BCUT2D eigenvalue weighted by Gasteiger charge is -2.26. The lowest BCUT2D eigenvalue weighted by molar-refractivity contribution is 0.280. The minimum atomic E-state index is 0.751. The highest BCUT2D eigenvalue weighted by Crippen LogP contribution is 2.29. The summed E-state index contributed by atoms with van der Waals surface area (Å²) in [5.41, 5.74) is 1.95. The molecule has 0 atom stereocenters. The van der Waals surface area contributed by atoms with Crippen molar-refractivity contribution in [1.82, 2.24) is 4.57 Å². The van der Waals surface area contributed by atoms with Gasteiger partial charge in [-0.3, -0.25) is 0 Å². The normalized spacial score (nSPS) is 15.9. The zero-order valence-electron chi connectivity index (χ0n) is 9.19. The molecule has 1 aromatic heterocycles. The molecular weight excluding hydrogens is 196 g/mol. The third-order valence-electron chi connectivity index (χ3n) is 3.58. The number of nitriles is 1. The monoisotopic (exact) mass is 210 g/mol. The largest absolute Gasteiger partial charge is 0.347 e. The first-order valence-corrected chi connectivity index (χ1v) is 5.86. The molecule has 0 aliphatic heterocycles. The molecule has 0 unspecified atom stereocenters. The number of hydrogen-bond acceptors (Lipinski definition) is 1. The summed E-state index contributed by atoms with van der Waals surface area (Å²) in [6.45, 7) is 1.11. The van der Waals surface area contributed by atoms with Gasteiger partial charge in [0.2, 0.25) is 0 Å². The maximum Gasteiger partial charge on any atom is 0.0992 e. The van der Waals surface area contributed by atoms with Crippen molar-refractivity contribution in [2.75, 3.05) is 0 Å². The number of aromatic nitrogens is 1. The lowest BCUT2D eigenvalue weighted by Crippen LogP contribution is -2.17. The first kappa shape index (κ1) is 9.47. The molecule has 3 rings (SSSR count). The van der Waals surface area contributed by atoms with E-state index in [0.29, 0.717) is 0 Å². The van der Waals surface area contributed by atoms with E-state index >= 15 is 0 Å². The SMILES string of the molecule is N#Cc1ccc2ccn(CC3CCC3)c2c1. The fraction of sp³-hybridized carbons (Fsp3) is 0.357. The van der Waals surface area contributed by atoms with Gasteiger partial charge in [-0.25, -0.2) is 0 Å². The van der Waals surface area contributed by atoms with Crippen molar-refractivity contribution < 1.29 is 0 Å². The molecule has 2 aromatic rings. The van der Waals surface area contributed by atoms with Crippen LogP contribution < -0.4 is 0 Å². The van der Waals surface area contributed by atoms with E-state index in [9.17, 15) is 0 Å². The van der Waals surface area contributed by atoms with Crippen LogP contribution in [0.3, 0.4) is 0 Å². The smallest absolute Gasteiger partial charge is 0.0992 e. The standard InChI is InChI=1S/C14H14N2/c15-9-12-4-5-13-6-7-16(14(13)8-12)10-11-2-1-3-11/h4-8,11H,1-3,10H2. The molecule has 80 valence electrons. The van der Waals surface area contributed by atoms with Crippen LogP contribution in [0, 0.1) is 17.2 Å². The minimum Gasteiger partial charge on any atom is -0.347 e. The van der Waals surface area contributed by atoms with Gasteiger partial charge >= 0.3 is 0 Å². The highest BCUT2D eigenvalue weighted by Gasteiger charge is 2.18. The Morgan fingerprint density at radius 2 is 2.19 bits per heavy atom. The van der Waals surface area contributed by atoms with Crippen molar-refractivity contribution in [3.8, 4) is 6.07 Å². The molecule has 1 fully saturated rings. The van der Waals surface area contributed by atoms with E-state index in [4.69, 9.17) is 5.26 Å². The summed E-state index contributed by atoms with van der Waals surface area (Å²) in [5, 5.41) is 10.1. The van der Waals surface area contributed by atoms with E-state index in [1.165, 1.54) is 30.2 Å². The van der Waals surface area contributed by atoms with Gasteiger partial charge < -0.3 is 4.57 Å². The van der Waals surface area contributed by atoms with Crippen molar-refractivity contribution >= 4 is 10.9 Å². The quantitative estimate of drug-likeness (QED) is 0.747. The van der Waals surface area contributed by atoms with Crippen molar-refractivity contribution in [3.05, 3.63) is 36.0 Å². The zero-order chi connectivity index (χ0) is 11.0. The van der Waals surface area contributed by atoms with Gasteiger partial charge in [0.1, 0.15) is 0 Å². The fourth-order valence-electron chi connectivity index (χ4n) is 2.37. The van der Waals surface area contributed by atoms with Crippen LogP contribution in [-0.2, 0) is 6.54 Å². The Hall–Kier alpha value is -1.75. The van der Waals surface area contributed by atoms with Gasteiger partial charge in [-0.05, 0) is 42.3 Å². The average molecular weight is 210 g/mol. The van der Waals surface area contributed by atoms with E-state index in [1.807, 2.05) is 18.2 Å². The fourth-order valence-corrected chi connectivity index (χ4v) is 2.37. The van der Waals surface area contributed by atoms with Gasteiger partial charge in [-0.2, -0.15) is 5.26 Å². The molecule has 0 N–H and O–H groups in total. The van der Waals surface area contributed by atoms with Crippen molar-refractivity contribution in [2.24, 2.45) is 5.92 Å². The zero-order valence-corrected chi connectivity index (χ0v) is 9.19. The van der Waals surface area contributed by atoms with E-state index in [1.54, 1.807) is 0 Å². The van der Waals surface area contributed by atoms with Crippen LogP contribution in [0.5, 0.6) is 0 Å². The number of hydrogen-bond donors (Lipinski definition) is 0. The Morgan fingerprint density at radius 3 is 2.88 bits per heavy atom. The Bertz CT molecular complexity index is 556. The molecule has 1 aliphatic rings. The Labute approximate surface area is 95.1 Å². The molecule has 0 spiro atoms. The molecule has 0 radical (unpaired) electrons. The highest BCUT2D eigenvalue weighted by molar-refractivity contribution is 5.81. The van der Waals surface area contributed by atoms with Crippen molar-refractivity contribution in [2.45, 2.75) is 25.8 Å². The minimum absolute atomic E-state index is 0.751. The second kappa shape index (κ2) is 3.68. The van der Waals surface area contributed by atoms with Crippen molar-refractivity contribution in [3.63, 3.8) is 0 Å². The molecule has 0 bridgehead atoms. The Kier molecular flexibility index (Phi) is 2.18. The van der Waals surface area contributed by atoms with Crippen LogP contribution in [0.1, 0.15) is 24.8 Å². The summed E-state index contributed by atoms with van der Waals surface area (Å²) in [6, 6.07) is 10.3. The predicted octanol–water partition coefficient (Wildman–Crippen LogP) is 3.31. The molecule has 1 saturated carbocycles. The van der Waals surface area contributed by atoms with Gasteiger partial charge in [-0.15, -0.1) is 0 Å². The summed E-state index contributed by atoms with van der Waals surface area (Å²) in [7, 11) is 0. The van der Waals surface area contributed by atoms with E-state index < -0.39 is 0 Å². The summed E-state index contributed by atoms with van der Waals surface area (Å²) >= 11 is 0. The highest BCUT2D eigenvalue weighted by atomic mass is 15.0. The number of fused-ring (bicyclic) bond motifs is 1. The molecule has 1 aliphatic carbocycles. The second-order valence-electron chi connectivity index (χ2n) is 4.65. The maximum absolute atomic E-state index is 8.91. The summed E-state index contributed by atoms with van der Waals surface area (Å²) in [4.78, 5) is 0. The van der Waals surface area contributed by atoms with Crippen LogP contribution in [0.15, 0.2) is 30.5 Å². The van der Waals surface area contributed by atoms with E-state index in [-0.39, 0.29) is 0 Å². The van der Waals surface area contributed by atoms with Gasteiger partial charge in [-0.1, -0.05) is 12.5 Å². The summed E-state index contributed by atoms with van der Waals surface area (Å²) in [6.07, 6.45) is 6.24. The maximum atomic E-state index is 8.91. The first-order chi connectivity index (χ1) is 7.86. The molecule has 0 saturated heterocycles. The lowest BCUT2D eigenvalue weighted by atomic mass is 9.85.